The van der Waals surface area contributed by atoms with Gasteiger partial charge in [0, 0.05) is 23.8 Å². The van der Waals surface area contributed by atoms with Gasteiger partial charge in [0.25, 0.3) is 0 Å². The van der Waals surface area contributed by atoms with Gasteiger partial charge >= 0.3 is 6.03 Å². The minimum Gasteiger partial charge on any atom is -0.399 e. The van der Waals surface area contributed by atoms with E-state index in [0.717, 1.165) is 17.7 Å². The Hall–Kier alpha value is -2.27. The van der Waals surface area contributed by atoms with E-state index in [4.69, 9.17) is 17.3 Å². The number of pyridine rings is 1. The number of nitrogens with two attached hydrogens (primary N) is 1. The zero-order valence-corrected chi connectivity index (χ0v) is 12.0. The highest BCUT2D eigenvalue weighted by Gasteiger charge is 2.39. The summed E-state index contributed by atoms with van der Waals surface area (Å²) in [5, 5.41) is 6.13. The number of urea groups is 1. The highest BCUT2D eigenvalue weighted by atomic mass is 35.5. The summed E-state index contributed by atoms with van der Waals surface area (Å²) in [6.45, 7) is 0. The first kappa shape index (κ1) is 13.7. The molecular weight excluding hydrogens is 288 g/mol. The van der Waals surface area contributed by atoms with Crippen molar-refractivity contribution in [2.45, 2.75) is 18.4 Å². The van der Waals surface area contributed by atoms with E-state index in [1.165, 1.54) is 6.20 Å². The van der Waals surface area contributed by atoms with Crippen LogP contribution in [0.3, 0.4) is 0 Å². The molecule has 1 aromatic carbocycles. The Labute approximate surface area is 127 Å². The fourth-order valence-electron chi connectivity index (χ4n) is 2.28. The van der Waals surface area contributed by atoms with Crippen LogP contribution in [-0.2, 0) is 0 Å². The number of rotatable bonds is 3. The van der Waals surface area contributed by atoms with Gasteiger partial charge in [-0.2, -0.15) is 0 Å². The lowest BCUT2D eigenvalue weighted by Crippen LogP contribution is -2.31. The number of carbonyl (C=O) groups excluding carboxylic acids is 1. The second-order valence-corrected chi connectivity index (χ2v) is 5.52. The zero-order chi connectivity index (χ0) is 14.8. The lowest BCUT2D eigenvalue weighted by atomic mass is 10.1. The molecule has 1 saturated carbocycles. The van der Waals surface area contributed by atoms with Crippen LogP contribution in [0.25, 0.3) is 0 Å². The predicted octanol–water partition coefficient (Wildman–Crippen LogP) is 2.99. The molecule has 0 aliphatic heterocycles. The molecule has 0 saturated heterocycles. The van der Waals surface area contributed by atoms with E-state index in [0.29, 0.717) is 16.8 Å². The van der Waals surface area contributed by atoms with E-state index >= 15 is 0 Å². The fourth-order valence-corrected chi connectivity index (χ4v) is 2.39. The van der Waals surface area contributed by atoms with Gasteiger partial charge in [0.2, 0.25) is 0 Å². The highest BCUT2D eigenvalue weighted by molar-refractivity contribution is 6.30. The molecule has 1 aromatic heterocycles. The Balaban J connectivity index is 1.54. The summed E-state index contributed by atoms with van der Waals surface area (Å²) in [5.41, 5.74) is 7.67. The van der Waals surface area contributed by atoms with E-state index in [9.17, 15) is 4.79 Å². The molecule has 1 aliphatic carbocycles. The monoisotopic (exact) mass is 302 g/mol. The highest BCUT2D eigenvalue weighted by Crippen LogP contribution is 2.41. The van der Waals surface area contributed by atoms with Crippen LogP contribution in [0.2, 0.25) is 5.02 Å². The number of hydrogen-bond acceptors (Lipinski definition) is 3. The molecule has 108 valence electrons. The first-order valence-corrected chi connectivity index (χ1v) is 7.04. The molecule has 5 nitrogen and oxygen atoms in total. The van der Waals surface area contributed by atoms with Crippen LogP contribution in [0.4, 0.5) is 16.3 Å². The van der Waals surface area contributed by atoms with Crippen molar-refractivity contribution >= 4 is 29.1 Å². The Bertz CT molecular complexity index is 659. The maximum absolute atomic E-state index is 11.9. The topological polar surface area (TPSA) is 80.0 Å². The number of nitrogens with one attached hydrogen (secondary N) is 2. The zero-order valence-electron chi connectivity index (χ0n) is 11.2. The minimum absolute atomic E-state index is 0.138. The van der Waals surface area contributed by atoms with Crippen LogP contribution in [0, 0.1) is 0 Å². The largest absolute Gasteiger partial charge is 0.399 e. The van der Waals surface area contributed by atoms with Gasteiger partial charge in [0.15, 0.2) is 0 Å². The molecule has 0 spiro atoms. The number of anilines is 2. The predicted molar refractivity (Wildman–Crippen MR) is 83.4 cm³/mol. The SMILES string of the molecule is Nc1cccc(C2CC2NC(=O)Nc2ccc(Cl)cn2)c1. The molecule has 6 heteroatoms. The van der Waals surface area contributed by atoms with Gasteiger partial charge in [-0.3, -0.25) is 5.32 Å². The first-order chi connectivity index (χ1) is 10.1. The van der Waals surface area contributed by atoms with E-state index in [-0.39, 0.29) is 12.1 Å². The molecule has 3 rings (SSSR count). The summed E-state index contributed by atoms with van der Waals surface area (Å²) >= 11 is 5.74. The van der Waals surface area contributed by atoms with Crippen LogP contribution in [0.5, 0.6) is 0 Å². The molecule has 21 heavy (non-hydrogen) atoms. The molecule has 2 amide bonds. The molecule has 0 radical (unpaired) electrons. The number of hydrogen-bond donors (Lipinski definition) is 3. The molecule has 1 aliphatic rings. The van der Waals surface area contributed by atoms with Crippen molar-refractivity contribution in [3.8, 4) is 0 Å². The second-order valence-electron chi connectivity index (χ2n) is 5.08. The average molecular weight is 303 g/mol. The van der Waals surface area contributed by atoms with Gasteiger partial charge in [-0.05, 0) is 36.2 Å². The van der Waals surface area contributed by atoms with Crippen molar-refractivity contribution in [2.75, 3.05) is 11.1 Å². The van der Waals surface area contributed by atoms with Crippen LogP contribution in [0.15, 0.2) is 42.6 Å². The second kappa shape index (κ2) is 5.61. The maximum atomic E-state index is 11.9. The number of aromatic nitrogens is 1. The quantitative estimate of drug-likeness (QED) is 0.763. The molecule has 1 fully saturated rings. The van der Waals surface area contributed by atoms with Gasteiger partial charge in [0.05, 0.1) is 5.02 Å². The number of carbonyl (C=O) groups is 1. The van der Waals surface area contributed by atoms with Crippen molar-refractivity contribution in [2.24, 2.45) is 0 Å². The van der Waals surface area contributed by atoms with E-state index in [2.05, 4.69) is 15.6 Å². The van der Waals surface area contributed by atoms with E-state index < -0.39 is 0 Å². The van der Waals surface area contributed by atoms with Gasteiger partial charge in [-0.15, -0.1) is 0 Å². The molecule has 2 unspecified atom stereocenters. The van der Waals surface area contributed by atoms with Gasteiger partial charge in [-0.25, -0.2) is 9.78 Å². The molecule has 2 atom stereocenters. The van der Waals surface area contributed by atoms with Crippen molar-refractivity contribution in [1.29, 1.82) is 0 Å². The number of nitrogen functional groups attached to an aromatic ring is 1. The molecule has 4 N–H and O–H groups in total. The Kier molecular flexibility index (Phi) is 3.66. The third-order valence-electron chi connectivity index (χ3n) is 3.41. The van der Waals surface area contributed by atoms with Gasteiger partial charge in [0.1, 0.15) is 5.82 Å². The van der Waals surface area contributed by atoms with Crippen molar-refractivity contribution < 1.29 is 4.79 Å². The Morgan fingerprint density at radius 2 is 2.19 bits per heavy atom. The van der Waals surface area contributed by atoms with Crippen LogP contribution >= 0.6 is 11.6 Å². The van der Waals surface area contributed by atoms with Gasteiger partial charge in [-0.1, -0.05) is 23.7 Å². The average Bonchev–Trinajstić information content (AvgIpc) is 3.20. The maximum Gasteiger partial charge on any atom is 0.320 e. The standard InChI is InChI=1S/C15H15ClN4O/c16-10-4-5-14(18-8-10)20-15(21)19-13-7-12(13)9-2-1-3-11(17)6-9/h1-6,8,12-13H,7,17H2,(H2,18,19,20,21). The normalized spacial score (nSPS) is 19.9. The smallest absolute Gasteiger partial charge is 0.320 e. The summed E-state index contributed by atoms with van der Waals surface area (Å²) in [7, 11) is 0. The van der Waals surface area contributed by atoms with Crippen LogP contribution in [-0.4, -0.2) is 17.1 Å². The van der Waals surface area contributed by atoms with E-state index in [1.807, 2.05) is 24.3 Å². The fraction of sp³-hybridized carbons (Fsp3) is 0.200. The van der Waals surface area contributed by atoms with E-state index in [1.54, 1.807) is 12.1 Å². The van der Waals surface area contributed by atoms with Crippen molar-refractivity contribution in [3.05, 3.63) is 53.2 Å². The van der Waals surface area contributed by atoms with Crippen molar-refractivity contribution in [3.63, 3.8) is 0 Å². The lowest BCUT2D eigenvalue weighted by Gasteiger charge is -2.07. The third-order valence-corrected chi connectivity index (χ3v) is 3.64. The summed E-state index contributed by atoms with van der Waals surface area (Å²) in [6, 6.07) is 11.0. The third kappa shape index (κ3) is 3.44. The molecule has 2 aromatic rings. The Morgan fingerprint density at radius 1 is 1.33 bits per heavy atom. The Morgan fingerprint density at radius 3 is 2.90 bits per heavy atom. The summed E-state index contributed by atoms with van der Waals surface area (Å²) in [6.07, 6.45) is 2.41. The van der Waals surface area contributed by atoms with Crippen LogP contribution in [0.1, 0.15) is 17.9 Å². The number of halogens is 1. The van der Waals surface area contributed by atoms with Gasteiger partial charge < -0.3 is 11.1 Å². The van der Waals surface area contributed by atoms with Crippen molar-refractivity contribution in [1.82, 2.24) is 10.3 Å². The summed E-state index contributed by atoms with van der Waals surface area (Å²) in [4.78, 5) is 15.9. The number of benzene rings is 1. The first-order valence-electron chi connectivity index (χ1n) is 6.66. The van der Waals surface area contributed by atoms with Crippen LogP contribution < -0.4 is 16.4 Å². The molecule has 0 bridgehead atoms. The molecule has 1 heterocycles. The summed E-state index contributed by atoms with van der Waals surface area (Å²) in [5.74, 6) is 0.801. The summed E-state index contributed by atoms with van der Waals surface area (Å²) < 4.78 is 0. The number of nitrogens with zero attached hydrogens (tertiary/aromatic N) is 1. The molecular formula is C15H15ClN4O. The lowest BCUT2D eigenvalue weighted by molar-refractivity contribution is 0.251. The number of amides is 2. The minimum atomic E-state index is -0.263.